The third-order valence-electron chi connectivity index (χ3n) is 6.92. The normalized spacial score (nSPS) is 11.7. The summed E-state index contributed by atoms with van der Waals surface area (Å²) in [5.74, 6) is -2.01. The first-order valence-corrected chi connectivity index (χ1v) is 13.6. The number of esters is 1. The van der Waals surface area contributed by atoms with Crippen LogP contribution in [0.5, 0.6) is 5.75 Å². The molecule has 0 aliphatic carbocycles. The fraction of sp³-hybridized carbons (Fsp3) is 0.176. The lowest BCUT2D eigenvalue weighted by atomic mass is 9.93. The van der Waals surface area contributed by atoms with Gasteiger partial charge >= 0.3 is 12.1 Å². The van der Waals surface area contributed by atoms with Crippen LogP contribution in [0, 0.1) is 11.3 Å². The SMILES string of the molecule is CCC(C(=O)Oc1ccc(C#N)cc1)c1ccc(NC(=O)c2ccccc2-c2ccc(C(F)(F)F)cc2)c(C(=O)N(C)C)c1. The summed E-state index contributed by atoms with van der Waals surface area (Å²) in [6, 6.07) is 23.7. The maximum Gasteiger partial charge on any atom is 0.416 e. The monoisotopic (exact) mass is 599 g/mol. The third kappa shape index (κ3) is 7.13. The number of ether oxygens (including phenoxy) is 1. The zero-order valence-electron chi connectivity index (χ0n) is 24.1. The topological polar surface area (TPSA) is 99.5 Å². The molecule has 0 aliphatic heterocycles. The molecule has 7 nitrogen and oxygen atoms in total. The molecule has 0 saturated carbocycles. The number of nitrogens with zero attached hydrogens (tertiary/aromatic N) is 2. The van der Waals surface area contributed by atoms with E-state index in [1.807, 2.05) is 6.07 Å². The smallest absolute Gasteiger partial charge is 0.416 e. The number of anilines is 1. The van der Waals surface area contributed by atoms with Crippen molar-refractivity contribution >= 4 is 23.5 Å². The van der Waals surface area contributed by atoms with Gasteiger partial charge in [0, 0.05) is 19.7 Å². The van der Waals surface area contributed by atoms with Crippen LogP contribution in [-0.2, 0) is 11.0 Å². The van der Waals surface area contributed by atoms with Crippen molar-refractivity contribution in [2.24, 2.45) is 0 Å². The molecule has 44 heavy (non-hydrogen) atoms. The van der Waals surface area contributed by atoms with Crippen molar-refractivity contribution in [3.05, 3.63) is 119 Å². The quantitative estimate of drug-likeness (QED) is 0.169. The van der Waals surface area contributed by atoms with E-state index in [2.05, 4.69) is 5.32 Å². The Morgan fingerprint density at radius 2 is 1.57 bits per heavy atom. The van der Waals surface area contributed by atoms with E-state index in [0.717, 1.165) is 12.1 Å². The third-order valence-corrected chi connectivity index (χ3v) is 6.92. The molecular formula is C34H28F3N3O4. The van der Waals surface area contributed by atoms with Gasteiger partial charge in [0.2, 0.25) is 0 Å². The van der Waals surface area contributed by atoms with Crippen LogP contribution in [0.2, 0.25) is 0 Å². The number of hydrogen-bond donors (Lipinski definition) is 1. The second-order valence-corrected chi connectivity index (χ2v) is 10.1. The lowest BCUT2D eigenvalue weighted by Crippen LogP contribution is -2.25. The van der Waals surface area contributed by atoms with E-state index in [9.17, 15) is 27.6 Å². The van der Waals surface area contributed by atoms with Crippen molar-refractivity contribution in [2.75, 3.05) is 19.4 Å². The largest absolute Gasteiger partial charge is 0.426 e. The molecule has 1 unspecified atom stereocenters. The second-order valence-electron chi connectivity index (χ2n) is 10.1. The highest BCUT2D eigenvalue weighted by Gasteiger charge is 2.30. The minimum Gasteiger partial charge on any atom is -0.426 e. The van der Waals surface area contributed by atoms with Crippen LogP contribution >= 0.6 is 0 Å². The highest BCUT2D eigenvalue weighted by Crippen LogP contribution is 2.33. The van der Waals surface area contributed by atoms with E-state index >= 15 is 0 Å². The number of halogens is 3. The average Bonchev–Trinajstić information content (AvgIpc) is 3.01. The number of amides is 2. The van der Waals surface area contributed by atoms with Gasteiger partial charge in [-0.3, -0.25) is 14.4 Å². The van der Waals surface area contributed by atoms with Gasteiger partial charge < -0.3 is 15.0 Å². The Morgan fingerprint density at radius 1 is 0.909 bits per heavy atom. The fourth-order valence-electron chi connectivity index (χ4n) is 4.59. The number of rotatable bonds is 8. The van der Waals surface area contributed by atoms with Gasteiger partial charge in [-0.2, -0.15) is 18.4 Å². The van der Waals surface area contributed by atoms with Gasteiger partial charge in [0.05, 0.1) is 34.4 Å². The van der Waals surface area contributed by atoms with E-state index in [1.165, 1.54) is 59.5 Å². The molecule has 0 aromatic heterocycles. The summed E-state index contributed by atoms with van der Waals surface area (Å²) >= 11 is 0. The number of carbonyl (C=O) groups is 3. The molecule has 224 valence electrons. The Labute approximate surface area is 252 Å². The van der Waals surface area contributed by atoms with Crippen LogP contribution in [0.3, 0.4) is 0 Å². The minimum absolute atomic E-state index is 0.137. The summed E-state index contributed by atoms with van der Waals surface area (Å²) in [6.45, 7) is 1.80. The van der Waals surface area contributed by atoms with Crippen LogP contribution in [0.25, 0.3) is 11.1 Å². The van der Waals surface area contributed by atoms with Crippen molar-refractivity contribution in [3.63, 3.8) is 0 Å². The molecule has 0 radical (unpaired) electrons. The standard InChI is InChI=1S/C34H28F3N3O4/c1-4-26(33(43)44-25-16-9-21(20-38)10-17-25)23-13-18-30(29(19-23)32(42)40(2)3)39-31(41)28-8-6-5-7-27(28)22-11-14-24(15-12-22)34(35,36)37/h5-19,26H,4H2,1-3H3,(H,39,41). The molecule has 4 aromatic carbocycles. The van der Waals surface area contributed by atoms with Crippen LogP contribution in [0.4, 0.5) is 18.9 Å². The minimum atomic E-state index is -4.49. The number of carbonyl (C=O) groups excluding carboxylic acids is 3. The van der Waals surface area contributed by atoms with Crippen LogP contribution in [0.1, 0.15) is 56.7 Å². The Morgan fingerprint density at radius 3 is 2.16 bits per heavy atom. The molecule has 0 spiro atoms. The summed E-state index contributed by atoms with van der Waals surface area (Å²) in [5, 5.41) is 11.8. The summed E-state index contributed by atoms with van der Waals surface area (Å²) in [7, 11) is 3.11. The zero-order valence-corrected chi connectivity index (χ0v) is 24.1. The molecule has 4 aromatic rings. The molecule has 0 fully saturated rings. The zero-order chi connectivity index (χ0) is 32.0. The number of hydrogen-bond acceptors (Lipinski definition) is 5. The van der Waals surface area contributed by atoms with Gasteiger partial charge in [-0.1, -0.05) is 43.3 Å². The fourth-order valence-corrected chi connectivity index (χ4v) is 4.59. The first-order valence-electron chi connectivity index (χ1n) is 13.6. The lowest BCUT2D eigenvalue weighted by Gasteiger charge is -2.20. The summed E-state index contributed by atoms with van der Waals surface area (Å²) in [5.41, 5.74) is 1.45. The summed E-state index contributed by atoms with van der Waals surface area (Å²) in [4.78, 5) is 41.1. The number of benzene rings is 4. The Balaban J connectivity index is 1.64. The van der Waals surface area contributed by atoms with E-state index in [-0.39, 0.29) is 22.6 Å². The predicted octanol–water partition coefficient (Wildman–Crippen LogP) is 7.30. The van der Waals surface area contributed by atoms with Crippen LogP contribution < -0.4 is 10.1 Å². The van der Waals surface area contributed by atoms with Crippen LogP contribution in [-0.4, -0.2) is 36.8 Å². The predicted molar refractivity (Wildman–Crippen MR) is 159 cm³/mol. The van der Waals surface area contributed by atoms with E-state index < -0.39 is 35.4 Å². The molecule has 2 amide bonds. The van der Waals surface area contributed by atoms with Crippen molar-refractivity contribution < 1.29 is 32.3 Å². The summed E-state index contributed by atoms with van der Waals surface area (Å²) in [6.07, 6.45) is -4.13. The molecule has 0 saturated heterocycles. The van der Waals surface area contributed by atoms with Gasteiger partial charge in [-0.15, -0.1) is 0 Å². The van der Waals surface area contributed by atoms with Gasteiger partial charge in [0.25, 0.3) is 11.8 Å². The van der Waals surface area contributed by atoms with Crippen LogP contribution in [0.15, 0.2) is 91.0 Å². The van der Waals surface area contributed by atoms with E-state index in [4.69, 9.17) is 10.00 Å². The van der Waals surface area contributed by atoms with Crippen molar-refractivity contribution in [1.82, 2.24) is 4.90 Å². The maximum atomic E-state index is 13.5. The Kier molecular flexibility index (Phi) is 9.49. The molecule has 0 aliphatic rings. The maximum absolute atomic E-state index is 13.5. The second kappa shape index (κ2) is 13.3. The Bertz CT molecular complexity index is 1720. The highest BCUT2D eigenvalue weighted by atomic mass is 19.4. The van der Waals surface area contributed by atoms with E-state index in [1.54, 1.807) is 45.3 Å². The molecule has 1 N–H and O–H groups in total. The van der Waals surface area contributed by atoms with Crippen molar-refractivity contribution in [3.8, 4) is 22.9 Å². The first kappa shape index (κ1) is 31.5. The molecule has 4 rings (SSSR count). The highest BCUT2D eigenvalue weighted by molar-refractivity contribution is 6.12. The van der Waals surface area contributed by atoms with Gasteiger partial charge in [0.15, 0.2) is 0 Å². The molecule has 0 bridgehead atoms. The molecular weight excluding hydrogens is 571 g/mol. The van der Waals surface area contributed by atoms with Gasteiger partial charge in [-0.05, 0) is 77.7 Å². The van der Waals surface area contributed by atoms with E-state index in [0.29, 0.717) is 28.7 Å². The van der Waals surface area contributed by atoms with Gasteiger partial charge in [0.1, 0.15) is 5.75 Å². The number of alkyl halides is 3. The summed E-state index contributed by atoms with van der Waals surface area (Å²) < 4.78 is 44.7. The number of nitriles is 1. The average molecular weight is 600 g/mol. The lowest BCUT2D eigenvalue weighted by molar-refractivity contribution is -0.138. The molecule has 0 heterocycles. The van der Waals surface area contributed by atoms with Gasteiger partial charge in [-0.25, -0.2) is 0 Å². The number of nitrogens with one attached hydrogen (secondary N) is 1. The molecule has 10 heteroatoms. The molecule has 1 atom stereocenters. The van der Waals surface area contributed by atoms with Crippen molar-refractivity contribution in [1.29, 1.82) is 5.26 Å². The first-order chi connectivity index (χ1) is 20.9. The Hall–Kier alpha value is -5.43. The van der Waals surface area contributed by atoms with Crippen molar-refractivity contribution in [2.45, 2.75) is 25.4 Å².